The largest absolute Gasteiger partial charge is 0.368 e. The summed E-state index contributed by atoms with van der Waals surface area (Å²) in [7, 11) is 0. The van der Waals surface area contributed by atoms with Crippen LogP contribution in [0.5, 0.6) is 0 Å². The summed E-state index contributed by atoms with van der Waals surface area (Å²) in [6.45, 7) is 45.2. The Hall–Kier alpha value is -3.34. The Morgan fingerprint density at radius 3 is 0.722 bits per heavy atom. The molecule has 0 atom stereocenters. The Kier molecular flexibility index (Phi) is 17.8. The standard InChI is InChI=1S/C56H106N16/c1-19-21-27-69(39-31-49(3,4)65-50(5,6)32-39)45-59-43(57)61-47(63-45)71(41-35-53(11,12)67-54(13,14)36-41)29-25-23-24-26-30-72(42-37-55(15,16)68-56(17,18)38-42)48-62-44(58)60-46(64-48)70(28-22-20-2)40-33-51(7,8)66-52(9,10)34-40/h39-42,65-68H,19-38H2,1-18H3,(H2,57,59,61,63)(H2,58,60,62,64). The number of anilines is 6. The zero-order valence-corrected chi connectivity index (χ0v) is 49.1. The van der Waals surface area contributed by atoms with Gasteiger partial charge in [0.2, 0.25) is 35.7 Å². The van der Waals surface area contributed by atoms with Crippen LogP contribution in [-0.2, 0) is 0 Å². The fraction of sp³-hybridized carbons (Fsp3) is 0.893. The zero-order chi connectivity index (χ0) is 53.3. The molecule has 410 valence electrons. The van der Waals surface area contributed by atoms with Gasteiger partial charge in [-0.1, -0.05) is 39.5 Å². The van der Waals surface area contributed by atoms with E-state index >= 15 is 0 Å². The molecule has 0 aromatic carbocycles. The van der Waals surface area contributed by atoms with E-state index in [1.807, 2.05) is 0 Å². The minimum atomic E-state index is -0.0567. The highest BCUT2D eigenvalue weighted by Gasteiger charge is 2.45. The van der Waals surface area contributed by atoms with Gasteiger partial charge in [0.05, 0.1) is 0 Å². The number of nitrogens with two attached hydrogens (primary N) is 2. The first-order chi connectivity index (χ1) is 33.2. The molecule has 8 N–H and O–H groups in total. The van der Waals surface area contributed by atoms with Crippen molar-refractivity contribution in [2.45, 2.75) is 296 Å². The van der Waals surface area contributed by atoms with Gasteiger partial charge in [-0.2, -0.15) is 29.9 Å². The lowest BCUT2D eigenvalue weighted by Crippen LogP contribution is -2.63. The topological polar surface area (TPSA) is 190 Å². The minimum Gasteiger partial charge on any atom is -0.368 e. The second kappa shape index (κ2) is 22.1. The van der Waals surface area contributed by atoms with Crippen molar-refractivity contribution in [3.05, 3.63) is 0 Å². The maximum atomic E-state index is 6.74. The first-order valence-electron chi connectivity index (χ1n) is 28.5. The van der Waals surface area contributed by atoms with Gasteiger partial charge in [0, 0.05) is 94.7 Å². The van der Waals surface area contributed by atoms with E-state index in [1.165, 1.54) is 0 Å². The number of hydrogen-bond donors (Lipinski definition) is 6. The van der Waals surface area contributed by atoms with Gasteiger partial charge in [-0.3, -0.25) is 0 Å². The van der Waals surface area contributed by atoms with Crippen molar-refractivity contribution < 1.29 is 0 Å². The molecule has 72 heavy (non-hydrogen) atoms. The van der Waals surface area contributed by atoms with E-state index in [0.717, 1.165) is 129 Å². The van der Waals surface area contributed by atoms with Gasteiger partial charge in [-0.25, -0.2) is 0 Å². The highest BCUT2D eigenvalue weighted by Crippen LogP contribution is 2.39. The van der Waals surface area contributed by atoms with Gasteiger partial charge in [-0.05, 0) is 188 Å². The predicted octanol–water partition coefficient (Wildman–Crippen LogP) is 9.54. The van der Waals surface area contributed by atoms with E-state index in [4.69, 9.17) is 41.4 Å². The summed E-state index contributed by atoms with van der Waals surface area (Å²) in [5, 5.41) is 15.6. The molecule has 0 bridgehead atoms. The van der Waals surface area contributed by atoms with E-state index in [-0.39, 0.29) is 68.5 Å². The Morgan fingerprint density at radius 1 is 0.333 bits per heavy atom. The molecule has 0 amide bonds. The van der Waals surface area contributed by atoms with Crippen molar-refractivity contribution in [3.63, 3.8) is 0 Å². The molecule has 6 heterocycles. The molecule has 2 aromatic heterocycles. The number of hydrogen-bond acceptors (Lipinski definition) is 16. The number of piperidine rings is 4. The smallest absolute Gasteiger partial charge is 0.232 e. The molecule has 0 unspecified atom stereocenters. The van der Waals surface area contributed by atoms with Crippen LogP contribution in [0.2, 0.25) is 0 Å². The molecule has 2 aromatic rings. The van der Waals surface area contributed by atoms with Crippen LogP contribution < -0.4 is 52.3 Å². The van der Waals surface area contributed by atoms with Gasteiger partial charge in [0.15, 0.2) is 0 Å². The van der Waals surface area contributed by atoms with Crippen LogP contribution >= 0.6 is 0 Å². The summed E-state index contributed by atoms with van der Waals surface area (Å²) in [6, 6.07) is 1.02. The van der Waals surface area contributed by atoms with Crippen LogP contribution in [-0.4, -0.2) is 125 Å². The molecule has 0 spiro atoms. The normalized spacial score (nSPS) is 23.6. The fourth-order valence-corrected chi connectivity index (χ4v) is 14.6. The van der Waals surface area contributed by atoms with Crippen molar-refractivity contribution in [1.29, 1.82) is 0 Å². The molecule has 0 radical (unpaired) electrons. The molecule has 4 saturated heterocycles. The summed E-state index contributed by atoms with van der Waals surface area (Å²) in [5.41, 5.74) is 13.2. The zero-order valence-electron chi connectivity index (χ0n) is 49.1. The van der Waals surface area contributed by atoms with Crippen LogP contribution in [0.3, 0.4) is 0 Å². The monoisotopic (exact) mass is 1000 g/mol. The van der Waals surface area contributed by atoms with E-state index in [1.54, 1.807) is 0 Å². The molecular formula is C56H106N16. The van der Waals surface area contributed by atoms with Gasteiger partial charge >= 0.3 is 0 Å². The van der Waals surface area contributed by atoms with Crippen LogP contribution in [0, 0.1) is 0 Å². The number of aromatic nitrogens is 6. The average Bonchev–Trinajstić information content (AvgIpc) is 3.17. The first kappa shape index (κ1) is 57.9. The third-order valence-corrected chi connectivity index (χ3v) is 15.8. The summed E-state index contributed by atoms with van der Waals surface area (Å²) in [5.74, 6) is 3.44. The van der Waals surface area contributed by atoms with E-state index < -0.39 is 0 Å². The quantitative estimate of drug-likeness (QED) is 0.0648. The van der Waals surface area contributed by atoms with Crippen LogP contribution in [0.4, 0.5) is 35.7 Å². The number of nitrogen functional groups attached to an aromatic ring is 2. The van der Waals surface area contributed by atoms with Crippen LogP contribution in [0.15, 0.2) is 0 Å². The number of nitrogens with zero attached hydrogens (tertiary/aromatic N) is 10. The van der Waals surface area contributed by atoms with Crippen LogP contribution in [0.1, 0.15) is 227 Å². The molecule has 0 aliphatic carbocycles. The van der Waals surface area contributed by atoms with Crippen molar-refractivity contribution in [2.75, 3.05) is 57.2 Å². The summed E-state index contributed by atoms with van der Waals surface area (Å²) < 4.78 is 0. The van der Waals surface area contributed by atoms with Gasteiger partial charge < -0.3 is 52.3 Å². The maximum Gasteiger partial charge on any atom is 0.232 e. The van der Waals surface area contributed by atoms with Crippen LogP contribution in [0.25, 0.3) is 0 Å². The lowest BCUT2D eigenvalue weighted by atomic mass is 9.79. The van der Waals surface area contributed by atoms with E-state index in [0.29, 0.717) is 35.7 Å². The molecule has 4 fully saturated rings. The highest BCUT2D eigenvalue weighted by atomic mass is 15.4. The average molecular weight is 1000 g/mol. The van der Waals surface area contributed by atoms with Crippen molar-refractivity contribution >= 4 is 35.7 Å². The highest BCUT2D eigenvalue weighted by molar-refractivity contribution is 5.47. The summed E-state index contributed by atoms with van der Waals surface area (Å²) in [6.07, 6.45) is 16.4. The molecule has 16 nitrogen and oxygen atoms in total. The lowest BCUT2D eigenvalue weighted by Gasteiger charge is -2.50. The SMILES string of the molecule is CCCCN(c1nc(N)nc(N(CCCCCCN(c2nc(N)nc(N(CCCC)C3CC(C)(C)NC(C)(C)C3)n2)C2CC(C)(C)NC(C)(C)C2)C2CC(C)(C)NC(C)(C)C2)n1)C1CC(C)(C)NC(C)(C)C1. The molecule has 6 rings (SSSR count). The second-order valence-corrected chi connectivity index (χ2v) is 28.3. The van der Waals surface area contributed by atoms with E-state index in [9.17, 15) is 0 Å². The van der Waals surface area contributed by atoms with Crippen molar-refractivity contribution in [1.82, 2.24) is 51.2 Å². The Labute approximate surface area is 438 Å². The minimum absolute atomic E-state index is 0.0204. The van der Waals surface area contributed by atoms with Crippen molar-refractivity contribution in [3.8, 4) is 0 Å². The molecular weight excluding hydrogens is 897 g/mol. The molecule has 4 aliphatic rings. The summed E-state index contributed by atoms with van der Waals surface area (Å²) >= 11 is 0. The Balaban J connectivity index is 1.26. The van der Waals surface area contributed by atoms with Crippen molar-refractivity contribution in [2.24, 2.45) is 0 Å². The predicted molar refractivity (Wildman–Crippen MR) is 303 cm³/mol. The fourth-order valence-electron chi connectivity index (χ4n) is 14.6. The second-order valence-electron chi connectivity index (χ2n) is 28.3. The van der Waals surface area contributed by atoms with Gasteiger partial charge in [0.1, 0.15) is 0 Å². The molecule has 4 aliphatic heterocycles. The molecule has 16 heteroatoms. The lowest BCUT2D eigenvalue weighted by molar-refractivity contribution is 0.156. The first-order valence-corrected chi connectivity index (χ1v) is 28.5. The number of unbranched alkanes of at least 4 members (excludes halogenated alkanes) is 5. The number of nitrogens with one attached hydrogen (secondary N) is 4. The summed E-state index contributed by atoms with van der Waals surface area (Å²) in [4.78, 5) is 40.5. The Bertz CT molecular complexity index is 1870. The van der Waals surface area contributed by atoms with Gasteiger partial charge in [-0.15, -0.1) is 0 Å². The van der Waals surface area contributed by atoms with Gasteiger partial charge in [0.25, 0.3) is 0 Å². The Morgan fingerprint density at radius 2 is 0.528 bits per heavy atom. The third-order valence-electron chi connectivity index (χ3n) is 15.8. The third kappa shape index (κ3) is 16.1. The maximum absolute atomic E-state index is 6.74. The van der Waals surface area contributed by atoms with E-state index in [2.05, 4.69) is 165 Å². The number of rotatable bonds is 21. The molecule has 0 saturated carbocycles.